The van der Waals surface area contributed by atoms with Crippen LogP contribution in [0.5, 0.6) is 0 Å². The third-order valence-electron chi connectivity index (χ3n) is 3.17. The molecular formula is C17H14N2OS. The van der Waals surface area contributed by atoms with E-state index in [9.17, 15) is 4.79 Å². The summed E-state index contributed by atoms with van der Waals surface area (Å²) >= 11 is 1.70. The standard InChI is InChI=1S/C17H14N2OS/c1-21-13-9-6-12(7-10-13)8-11-16(20)17-18-14-4-2-3-5-15(14)19-17/h2-11H,1H3,(H,18,19)/b11-8+. The maximum Gasteiger partial charge on any atom is 0.221 e. The van der Waals surface area contributed by atoms with Gasteiger partial charge < -0.3 is 4.98 Å². The summed E-state index contributed by atoms with van der Waals surface area (Å²) in [5.41, 5.74) is 2.68. The van der Waals surface area contributed by atoms with E-state index >= 15 is 0 Å². The van der Waals surface area contributed by atoms with Gasteiger partial charge in [0.2, 0.25) is 5.78 Å². The second-order valence-electron chi connectivity index (χ2n) is 4.57. The molecular weight excluding hydrogens is 280 g/mol. The van der Waals surface area contributed by atoms with Gasteiger partial charge in [-0.15, -0.1) is 11.8 Å². The lowest BCUT2D eigenvalue weighted by molar-refractivity contribution is 0.103. The van der Waals surface area contributed by atoms with Crippen molar-refractivity contribution in [3.8, 4) is 0 Å². The van der Waals surface area contributed by atoms with Crippen LogP contribution in [0.1, 0.15) is 16.2 Å². The summed E-state index contributed by atoms with van der Waals surface area (Å²) in [6, 6.07) is 15.7. The number of imidazole rings is 1. The van der Waals surface area contributed by atoms with Gasteiger partial charge in [-0.25, -0.2) is 4.98 Å². The molecule has 4 heteroatoms. The Labute approximate surface area is 127 Å². The van der Waals surface area contributed by atoms with Crippen LogP contribution in [0.25, 0.3) is 17.1 Å². The van der Waals surface area contributed by atoms with Gasteiger partial charge in [0.25, 0.3) is 0 Å². The highest BCUT2D eigenvalue weighted by atomic mass is 32.2. The van der Waals surface area contributed by atoms with Crippen LogP contribution in [-0.2, 0) is 0 Å². The van der Waals surface area contributed by atoms with Gasteiger partial charge in [0, 0.05) is 4.90 Å². The maximum atomic E-state index is 12.1. The summed E-state index contributed by atoms with van der Waals surface area (Å²) in [6.07, 6.45) is 5.39. The van der Waals surface area contributed by atoms with Crippen LogP contribution in [0.3, 0.4) is 0 Å². The number of para-hydroxylation sites is 2. The fourth-order valence-corrected chi connectivity index (χ4v) is 2.44. The first-order valence-corrected chi connectivity index (χ1v) is 7.80. The second-order valence-corrected chi connectivity index (χ2v) is 5.45. The van der Waals surface area contributed by atoms with Crippen molar-refractivity contribution in [1.82, 2.24) is 9.97 Å². The van der Waals surface area contributed by atoms with Crippen molar-refractivity contribution >= 4 is 34.7 Å². The lowest BCUT2D eigenvalue weighted by Crippen LogP contribution is -1.96. The number of nitrogens with zero attached hydrogens (tertiary/aromatic N) is 1. The van der Waals surface area contributed by atoms with Crippen molar-refractivity contribution in [3.05, 3.63) is 66.0 Å². The molecule has 1 aromatic heterocycles. The predicted octanol–water partition coefficient (Wildman–Crippen LogP) is 4.18. The van der Waals surface area contributed by atoms with Crippen LogP contribution in [0.4, 0.5) is 0 Å². The SMILES string of the molecule is CSc1ccc(/C=C/C(=O)c2nc3ccccc3[nH]2)cc1. The Kier molecular flexibility index (Phi) is 3.88. The molecule has 0 atom stereocenters. The van der Waals surface area contributed by atoms with E-state index in [0.717, 1.165) is 16.6 Å². The van der Waals surface area contributed by atoms with Crippen molar-refractivity contribution in [2.24, 2.45) is 0 Å². The zero-order valence-electron chi connectivity index (χ0n) is 11.5. The van der Waals surface area contributed by atoms with Gasteiger partial charge in [-0.2, -0.15) is 0 Å². The summed E-state index contributed by atoms with van der Waals surface area (Å²) in [5.74, 6) is 0.244. The number of benzene rings is 2. The number of carbonyl (C=O) groups excluding carboxylic acids is 1. The smallest absolute Gasteiger partial charge is 0.221 e. The van der Waals surface area contributed by atoms with Gasteiger partial charge >= 0.3 is 0 Å². The predicted molar refractivity (Wildman–Crippen MR) is 87.7 cm³/mol. The van der Waals surface area contributed by atoms with Crippen LogP contribution in [0.2, 0.25) is 0 Å². The molecule has 1 heterocycles. The zero-order chi connectivity index (χ0) is 14.7. The van der Waals surface area contributed by atoms with Crippen molar-refractivity contribution < 1.29 is 4.79 Å². The van der Waals surface area contributed by atoms with Gasteiger partial charge in [-0.3, -0.25) is 4.79 Å². The number of hydrogen-bond donors (Lipinski definition) is 1. The van der Waals surface area contributed by atoms with Crippen LogP contribution in [0.15, 0.2) is 59.5 Å². The number of rotatable bonds is 4. The molecule has 3 nitrogen and oxygen atoms in total. The molecule has 0 saturated carbocycles. The van der Waals surface area contributed by atoms with Gasteiger partial charge in [-0.1, -0.05) is 30.3 Å². The molecule has 0 fully saturated rings. The highest BCUT2D eigenvalue weighted by Gasteiger charge is 2.07. The molecule has 3 rings (SSSR count). The number of ketones is 1. The monoisotopic (exact) mass is 294 g/mol. The Morgan fingerprint density at radius 3 is 2.62 bits per heavy atom. The maximum absolute atomic E-state index is 12.1. The molecule has 104 valence electrons. The minimum atomic E-state index is -0.125. The average Bonchev–Trinajstić information content (AvgIpc) is 2.97. The molecule has 0 spiro atoms. The highest BCUT2D eigenvalue weighted by molar-refractivity contribution is 7.98. The number of fused-ring (bicyclic) bond motifs is 1. The van der Waals surface area contributed by atoms with E-state index in [1.54, 1.807) is 23.9 Å². The minimum absolute atomic E-state index is 0.125. The van der Waals surface area contributed by atoms with E-state index in [-0.39, 0.29) is 5.78 Å². The molecule has 0 bridgehead atoms. The number of H-pyrrole nitrogens is 1. The number of carbonyl (C=O) groups is 1. The molecule has 0 aliphatic rings. The molecule has 0 saturated heterocycles. The minimum Gasteiger partial charge on any atom is -0.335 e. The summed E-state index contributed by atoms with van der Waals surface area (Å²) in [7, 11) is 0. The third kappa shape index (κ3) is 3.06. The summed E-state index contributed by atoms with van der Waals surface area (Å²) in [5, 5.41) is 0. The fourth-order valence-electron chi connectivity index (χ4n) is 2.04. The van der Waals surface area contributed by atoms with E-state index in [2.05, 4.69) is 9.97 Å². The van der Waals surface area contributed by atoms with Gasteiger partial charge in [0.15, 0.2) is 5.82 Å². The second kappa shape index (κ2) is 5.97. The lowest BCUT2D eigenvalue weighted by Gasteiger charge is -1.96. The van der Waals surface area contributed by atoms with E-state index in [4.69, 9.17) is 0 Å². The van der Waals surface area contributed by atoms with E-state index in [1.807, 2.05) is 54.8 Å². The molecule has 0 amide bonds. The Morgan fingerprint density at radius 1 is 1.14 bits per heavy atom. The zero-order valence-corrected chi connectivity index (χ0v) is 12.4. The first-order chi connectivity index (χ1) is 10.3. The molecule has 21 heavy (non-hydrogen) atoms. The number of hydrogen-bond acceptors (Lipinski definition) is 3. The number of allylic oxidation sites excluding steroid dienone is 1. The fraction of sp³-hybridized carbons (Fsp3) is 0.0588. The largest absolute Gasteiger partial charge is 0.335 e. The van der Waals surface area contributed by atoms with E-state index < -0.39 is 0 Å². The molecule has 2 aromatic carbocycles. The first-order valence-electron chi connectivity index (χ1n) is 6.57. The van der Waals surface area contributed by atoms with E-state index in [0.29, 0.717) is 5.82 Å². The van der Waals surface area contributed by atoms with Crippen molar-refractivity contribution in [1.29, 1.82) is 0 Å². The van der Waals surface area contributed by atoms with Gasteiger partial charge in [0.05, 0.1) is 11.0 Å². The molecule has 0 radical (unpaired) electrons. The molecule has 0 unspecified atom stereocenters. The van der Waals surface area contributed by atoms with Crippen molar-refractivity contribution in [3.63, 3.8) is 0 Å². The van der Waals surface area contributed by atoms with Crippen LogP contribution < -0.4 is 0 Å². The lowest BCUT2D eigenvalue weighted by atomic mass is 10.2. The molecule has 0 aliphatic carbocycles. The van der Waals surface area contributed by atoms with Crippen LogP contribution in [-0.4, -0.2) is 22.0 Å². The van der Waals surface area contributed by atoms with Crippen LogP contribution in [0, 0.1) is 0 Å². The summed E-state index contributed by atoms with van der Waals surface area (Å²) in [4.78, 5) is 20.7. The molecule has 3 aromatic rings. The Morgan fingerprint density at radius 2 is 1.90 bits per heavy atom. The summed E-state index contributed by atoms with van der Waals surface area (Å²) in [6.45, 7) is 0. The Bertz CT molecular complexity index is 770. The number of nitrogens with one attached hydrogen (secondary N) is 1. The Balaban J connectivity index is 1.79. The van der Waals surface area contributed by atoms with Crippen molar-refractivity contribution in [2.45, 2.75) is 4.90 Å². The average molecular weight is 294 g/mol. The molecule has 1 N–H and O–H groups in total. The van der Waals surface area contributed by atoms with Crippen molar-refractivity contribution in [2.75, 3.05) is 6.26 Å². The summed E-state index contributed by atoms with van der Waals surface area (Å²) < 4.78 is 0. The van der Waals surface area contributed by atoms with Gasteiger partial charge in [-0.05, 0) is 42.2 Å². The quantitative estimate of drug-likeness (QED) is 0.446. The Hall–Kier alpha value is -2.33. The topological polar surface area (TPSA) is 45.8 Å². The first kappa shape index (κ1) is 13.6. The third-order valence-corrected chi connectivity index (χ3v) is 3.91. The normalized spacial score (nSPS) is 11.3. The molecule has 0 aliphatic heterocycles. The number of aromatic nitrogens is 2. The van der Waals surface area contributed by atoms with Gasteiger partial charge in [0.1, 0.15) is 0 Å². The van der Waals surface area contributed by atoms with Crippen LogP contribution >= 0.6 is 11.8 Å². The van der Waals surface area contributed by atoms with E-state index in [1.165, 1.54) is 4.90 Å². The highest BCUT2D eigenvalue weighted by Crippen LogP contribution is 2.16. The number of thioether (sulfide) groups is 1. The number of aromatic amines is 1.